The van der Waals surface area contributed by atoms with Crippen LogP contribution in [-0.2, 0) is 9.84 Å². The summed E-state index contributed by atoms with van der Waals surface area (Å²) < 4.78 is 38.8. The molecule has 3 atom stereocenters. The van der Waals surface area contributed by atoms with Crippen LogP contribution in [0.1, 0.15) is 11.5 Å². The number of nitrogens with two attached hydrogens (primary N) is 1. The summed E-state index contributed by atoms with van der Waals surface area (Å²) in [5.41, 5.74) is 6.43. The van der Waals surface area contributed by atoms with Crippen LogP contribution in [-0.4, -0.2) is 18.7 Å². The summed E-state index contributed by atoms with van der Waals surface area (Å²) >= 11 is 10.8. The maximum absolute atomic E-state index is 13.1. The van der Waals surface area contributed by atoms with Gasteiger partial charge in [0, 0.05) is 16.9 Å². The number of hydrogen-bond donors (Lipinski definition) is 1. The molecule has 7 heteroatoms. The lowest BCUT2D eigenvalue weighted by molar-refractivity contribution is 0.593. The molecule has 0 heterocycles. The molecule has 2 aromatic rings. The molecular weight excluding hydrogens is 357 g/mol. The van der Waals surface area contributed by atoms with Gasteiger partial charge in [0.2, 0.25) is 0 Å². The second kappa shape index (κ2) is 5.85. The highest BCUT2D eigenvalue weighted by atomic mass is 35.5. The smallest absolute Gasteiger partial charge is 0.182 e. The summed E-state index contributed by atoms with van der Waals surface area (Å²) in [5.74, 6) is -1.18. The van der Waals surface area contributed by atoms with Gasteiger partial charge < -0.3 is 5.73 Å². The topological polar surface area (TPSA) is 60.2 Å². The first-order chi connectivity index (χ1) is 10.8. The van der Waals surface area contributed by atoms with E-state index in [2.05, 4.69) is 0 Å². The molecule has 0 amide bonds. The van der Waals surface area contributed by atoms with Gasteiger partial charge in [0.1, 0.15) is 5.82 Å². The number of rotatable bonds is 4. The van der Waals surface area contributed by atoms with E-state index in [0.29, 0.717) is 10.6 Å². The molecule has 3 nitrogen and oxygen atoms in total. The number of sulfone groups is 1. The molecule has 23 heavy (non-hydrogen) atoms. The summed E-state index contributed by atoms with van der Waals surface area (Å²) in [7, 11) is -3.60. The van der Waals surface area contributed by atoms with Crippen LogP contribution in [0.15, 0.2) is 53.4 Å². The Morgan fingerprint density at radius 2 is 1.65 bits per heavy atom. The van der Waals surface area contributed by atoms with Crippen molar-refractivity contribution in [1.82, 2.24) is 0 Å². The zero-order chi connectivity index (χ0) is 16.8. The third-order valence-corrected chi connectivity index (χ3v) is 6.79. The van der Waals surface area contributed by atoms with Gasteiger partial charge in [-0.3, -0.25) is 0 Å². The largest absolute Gasteiger partial charge is 0.393 e. The molecule has 1 aliphatic rings. The Labute approximate surface area is 144 Å². The van der Waals surface area contributed by atoms with Gasteiger partial charge in [0.05, 0.1) is 15.1 Å². The Morgan fingerprint density at radius 1 is 1.09 bits per heavy atom. The minimum Gasteiger partial charge on any atom is -0.393 e. The van der Waals surface area contributed by atoms with Crippen LogP contribution >= 0.6 is 23.8 Å². The molecule has 1 aliphatic carbocycles. The van der Waals surface area contributed by atoms with Gasteiger partial charge in [-0.15, -0.1) is 0 Å². The quantitative estimate of drug-likeness (QED) is 0.840. The van der Waals surface area contributed by atoms with Crippen molar-refractivity contribution in [3.05, 3.63) is 64.9 Å². The van der Waals surface area contributed by atoms with Crippen molar-refractivity contribution in [1.29, 1.82) is 0 Å². The van der Waals surface area contributed by atoms with E-state index < -0.39 is 21.0 Å². The van der Waals surface area contributed by atoms with Crippen molar-refractivity contribution in [3.8, 4) is 0 Å². The minimum atomic E-state index is -3.60. The van der Waals surface area contributed by atoms with Crippen molar-refractivity contribution in [2.24, 2.45) is 11.7 Å². The van der Waals surface area contributed by atoms with E-state index in [1.807, 2.05) is 0 Å². The average Bonchev–Trinajstić information content (AvgIpc) is 3.25. The van der Waals surface area contributed by atoms with E-state index in [1.54, 1.807) is 12.1 Å². The lowest BCUT2D eigenvalue weighted by Gasteiger charge is -2.04. The van der Waals surface area contributed by atoms with Crippen molar-refractivity contribution in [2.45, 2.75) is 16.1 Å². The lowest BCUT2D eigenvalue weighted by Crippen LogP contribution is -2.17. The van der Waals surface area contributed by atoms with Crippen LogP contribution in [0, 0.1) is 11.7 Å². The molecule has 2 aromatic carbocycles. The lowest BCUT2D eigenvalue weighted by atomic mass is 10.1. The van der Waals surface area contributed by atoms with E-state index >= 15 is 0 Å². The Bertz CT molecular complexity index is 851. The Hall–Kier alpha value is -1.50. The van der Waals surface area contributed by atoms with Crippen LogP contribution in [0.25, 0.3) is 0 Å². The highest BCUT2D eigenvalue weighted by Crippen LogP contribution is 2.54. The summed E-state index contributed by atoms with van der Waals surface area (Å²) in [4.78, 5) is 0.333. The van der Waals surface area contributed by atoms with Gasteiger partial charge in [-0.25, -0.2) is 12.8 Å². The maximum Gasteiger partial charge on any atom is 0.182 e. The summed E-state index contributed by atoms with van der Waals surface area (Å²) in [5, 5.41) is -0.271. The summed E-state index contributed by atoms with van der Waals surface area (Å²) in [6.07, 6.45) is 0. The molecule has 0 spiro atoms. The SMILES string of the molecule is NC(=S)[C@H]1[C@@H](c2ccc(F)cc2)[C@@H]1S(=O)(=O)c1ccc(Cl)cc1. The van der Waals surface area contributed by atoms with Crippen molar-refractivity contribution < 1.29 is 12.8 Å². The fourth-order valence-corrected chi connectivity index (χ4v) is 5.53. The molecule has 0 aliphatic heterocycles. The summed E-state index contributed by atoms with van der Waals surface area (Å²) in [6, 6.07) is 11.7. The molecule has 0 unspecified atom stereocenters. The fourth-order valence-electron chi connectivity index (χ4n) is 2.87. The molecule has 2 N–H and O–H groups in total. The zero-order valence-electron chi connectivity index (χ0n) is 11.8. The van der Waals surface area contributed by atoms with Gasteiger partial charge in [0.25, 0.3) is 0 Å². The predicted molar refractivity (Wildman–Crippen MR) is 91.8 cm³/mol. The first-order valence-corrected chi connectivity index (χ1v) is 9.20. The number of halogens is 2. The van der Waals surface area contributed by atoms with Crippen molar-refractivity contribution >= 4 is 38.6 Å². The molecule has 0 radical (unpaired) electrons. The summed E-state index contributed by atoms with van der Waals surface area (Å²) in [6.45, 7) is 0. The Morgan fingerprint density at radius 3 is 2.17 bits per heavy atom. The molecule has 0 saturated heterocycles. The molecule has 1 fully saturated rings. The Kier molecular flexibility index (Phi) is 4.16. The van der Waals surface area contributed by atoms with E-state index in [-0.39, 0.29) is 21.6 Å². The molecule has 120 valence electrons. The van der Waals surface area contributed by atoms with E-state index in [9.17, 15) is 12.8 Å². The van der Waals surface area contributed by atoms with E-state index in [0.717, 1.165) is 0 Å². The van der Waals surface area contributed by atoms with Gasteiger partial charge >= 0.3 is 0 Å². The average molecular weight is 370 g/mol. The number of hydrogen-bond acceptors (Lipinski definition) is 3. The molecule has 3 rings (SSSR count). The first kappa shape index (κ1) is 16.4. The van der Waals surface area contributed by atoms with Gasteiger partial charge in [-0.05, 0) is 42.0 Å². The fraction of sp³-hybridized carbons (Fsp3) is 0.188. The molecule has 0 bridgehead atoms. The van der Waals surface area contributed by atoms with Crippen LogP contribution in [0.5, 0.6) is 0 Å². The van der Waals surface area contributed by atoms with E-state index in [1.165, 1.54) is 36.4 Å². The Balaban J connectivity index is 1.98. The van der Waals surface area contributed by atoms with Crippen LogP contribution in [0.4, 0.5) is 4.39 Å². The number of thiocarbonyl (C=S) groups is 1. The third kappa shape index (κ3) is 2.98. The first-order valence-electron chi connectivity index (χ1n) is 6.86. The minimum absolute atomic E-state index is 0.155. The monoisotopic (exact) mass is 369 g/mol. The van der Waals surface area contributed by atoms with Crippen LogP contribution in [0.3, 0.4) is 0 Å². The maximum atomic E-state index is 13.1. The highest BCUT2D eigenvalue weighted by molar-refractivity contribution is 7.92. The number of benzene rings is 2. The normalized spacial score (nSPS) is 23.5. The van der Waals surface area contributed by atoms with Gasteiger partial charge in [-0.2, -0.15) is 0 Å². The molecular formula is C16H13ClFNO2S2. The third-order valence-electron chi connectivity index (χ3n) is 4.04. The predicted octanol–water partition coefficient (Wildman–Crippen LogP) is 3.32. The van der Waals surface area contributed by atoms with Crippen molar-refractivity contribution in [2.75, 3.05) is 0 Å². The zero-order valence-corrected chi connectivity index (χ0v) is 14.2. The standard InChI is InChI=1S/C16H13ClFNO2S2/c17-10-3-7-12(8-4-10)23(20,21)15-13(14(15)16(19)22)9-1-5-11(18)6-2-9/h1-8,13-15H,(H2,19,22)/t13-,14+,15+/m1/s1. The molecule has 1 saturated carbocycles. The van der Waals surface area contributed by atoms with Crippen LogP contribution in [0.2, 0.25) is 5.02 Å². The van der Waals surface area contributed by atoms with Crippen LogP contribution < -0.4 is 5.73 Å². The second-order valence-electron chi connectivity index (χ2n) is 5.47. The van der Waals surface area contributed by atoms with Crippen molar-refractivity contribution in [3.63, 3.8) is 0 Å². The highest BCUT2D eigenvalue weighted by Gasteiger charge is 2.60. The molecule has 0 aromatic heterocycles. The van der Waals surface area contributed by atoms with Gasteiger partial charge in [0.15, 0.2) is 9.84 Å². The van der Waals surface area contributed by atoms with Gasteiger partial charge in [-0.1, -0.05) is 36.0 Å². The van der Waals surface area contributed by atoms with E-state index in [4.69, 9.17) is 29.6 Å². The second-order valence-corrected chi connectivity index (χ2v) is 8.48.